The molecule has 0 saturated heterocycles. The van der Waals surface area contributed by atoms with E-state index in [1.54, 1.807) is 7.11 Å². The van der Waals surface area contributed by atoms with Gasteiger partial charge in [-0.25, -0.2) is 4.99 Å². The molecule has 0 heterocycles. The maximum absolute atomic E-state index is 5.90. The second-order valence-electron chi connectivity index (χ2n) is 3.70. The van der Waals surface area contributed by atoms with E-state index in [1.807, 2.05) is 29.2 Å². The Labute approximate surface area is 103 Å². The van der Waals surface area contributed by atoms with Gasteiger partial charge >= 0.3 is 0 Å². The van der Waals surface area contributed by atoms with Crippen LogP contribution in [0.15, 0.2) is 29.3 Å². The van der Waals surface area contributed by atoms with E-state index in [0.29, 0.717) is 12.5 Å². The standard InChI is InChI=1S/C13H21N3O/c1-4-16(5-2)13(14)15-10-11-7-6-8-12(9-11)17-3/h6-9H,4-5,10H2,1-3H3,(H2,14,15). The van der Waals surface area contributed by atoms with Gasteiger partial charge in [-0.3, -0.25) is 0 Å². The van der Waals surface area contributed by atoms with E-state index < -0.39 is 0 Å². The minimum absolute atomic E-state index is 0.583. The Hall–Kier alpha value is -1.71. The summed E-state index contributed by atoms with van der Waals surface area (Å²) in [5.74, 6) is 1.44. The van der Waals surface area contributed by atoms with Crippen molar-refractivity contribution in [1.82, 2.24) is 4.90 Å². The number of nitrogens with zero attached hydrogens (tertiary/aromatic N) is 2. The molecule has 17 heavy (non-hydrogen) atoms. The van der Waals surface area contributed by atoms with Crippen LogP contribution in [0.3, 0.4) is 0 Å². The molecule has 1 aromatic rings. The van der Waals surface area contributed by atoms with E-state index in [2.05, 4.69) is 18.8 Å². The molecule has 0 radical (unpaired) electrons. The second-order valence-corrected chi connectivity index (χ2v) is 3.70. The summed E-state index contributed by atoms with van der Waals surface area (Å²) in [6.45, 7) is 6.47. The van der Waals surface area contributed by atoms with Crippen molar-refractivity contribution < 1.29 is 4.74 Å². The minimum Gasteiger partial charge on any atom is -0.497 e. The summed E-state index contributed by atoms with van der Waals surface area (Å²) in [7, 11) is 1.66. The summed E-state index contributed by atoms with van der Waals surface area (Å²) in [4.78, 5) is 6.40. The van der Waals surface area contributed by atoms with Crippen LogP contribution >= 0.6 is 0 Å². The second kappa shape index (κ2) is 6.78. The Balaban J connectivity index is 2.67. The number of aliphatic imine (C=N–C) groups is 1. The highest BCUT2D eigenvalue weighted by Crippen LogP contribution is 2.13. The molecule has 1 aromatic carbocycles. The molecule has 0 aliphatic rings. The third kappa shape index (κ3) is 3.98. The molecule has 0 unspecified atom stereocenters. The van der Waals surface area contributed by atoms with E-state index >= 15 is 0 Å². The Morgan fingerprint density at radius 2 is 2.06 bits per heavy atom. The van der Waals surface area contributed by atoms with Crippen molar-refractivity contribution in [2.75, 3.05) is 20.2 Å². The van der Waals surface area contributed by atoms with Crippen LogP contribution in [0.25, 0.3) is 0 Å². The van der Waals surface area contributed by atoms with Crippen LogP contribution in [0.4, 0.5) is 0 Å². The van der Waals surface area contributed by atoms with Crippen molar-refractivity contribution >= 4 is 5.96 Å². The monoisotopic (exact) mass is 235 g/mol. The van der Waals surface area contributed by atoms with Crippen LogP contribution in [0.5, 0.6) is 5.75 Å². The largest absolute Gasteiger partial charge is 0.497 e. The van der Waals surface area contributed by atoms with Gasteiger partial charge in [0.05, 0.1) is 13.7 Å². The fraction of sp³-hybridized carbons (Fsp3) is 0.462. The molecule has 0 saturated carbocycles. The number of ether oxygens (including phenoxy) is 1. The Morgan fingerprint density at radius 3 is 2.65 bits per heavy atom. The van der Waals surface area contributed by atoms with Gasteiger partial charge in [0.1, 0.15) is 5.75 Å². The summed E-state index contributed by atoms with van der Waals surface area (Å²) < 4.78 is 5.16. The first-order valence-corrected chi connectivity index (χ1v) is 5.89. The first kappa shape index (κ1) is 13.4. The predicted molar refractivity (Wildman–Crippen MR) is 71.2 cm³/mol. The lowest BCUT2D eigenvalue weighted by atomic mass is 10.2. The SMILES string of the molecule is CCN(CC)C(N)=NCc1cccc(OC)c1. The maximum atomic E-state index is 5.90. The fourth-order valence-electron chi connectivity index (χ4n) is 1.59. The smallest absolute Gasteiger partial charge is 0.191 e. The number of guanidine groups is 1. The maximum Gasteiger partial charge on any atom is 0.191 e. The molecule has 2 N–H and O–H groups in total. The van der Waals surface area contributed by atoms with Crippen molar-refractivity contribution in [3.63, 3.8) is 0 Å². The summed E-state index contributed by atoms with van der Waals surface area (Å²) in [6.07, 6.45) is 0. The molecule has 0 amide bonds. The van der Waals surface area contributed by atoms with Crippen LogP contribution < -0.4 is 10.5 Å². The van der Waals surface area contributed by atoms with Gasteiger partial charge < -0.3 is 15.4 Å². The Morgan fingerprint density at radius 1 is 1.35 bits per heavy atom. The highest BCUT2D eigenvalue weighted by atomic mass is 16.5. The highest BCUT2D eigenvalue weighted by molar-refractivity contribution is 5.78. The molecule has 94 valence electrons. The van der Waals surface area contributed by atoms with Crippen LogP contribution in [0, 0.1) is 0 Å². The molecule has 1 rings (SSSR count). The molecule has 0 aliphatic heterocycles. The summed E-state index contributed by atoms with van der Waals surface area (Å²) in [5, 5.41) is 0. The fourth-order valence-corrected chi connectivity index (χ4v) is 1.59. The van der Waals surface area contributed by atoms with E-state index in [0.717, 1.165) is 24.4 Å². The van der Waals surface area contributed by atoms with Gasteiger partial charge in [0.15, 0.2) is 5.96 Å². The molecule has 0 aromatic heterocycles. The number of rotatable bonds is 5. The molecule has 4 nitrogen and oxygen atoms in total. The lowest BCUT2D eigenvalue weighted by Gasteiger charge is -2.19. The zero-order valence-electron chi connectivity index (χ0n) is 10.8. The van der Waals surface area contributed by atoms with Gasteiger partial charge in [-0.2, -0.15) is 0 Å². The normalized spacial score (nSPS) is 11.4. The van der Waals surface area contributed by atoms with Gasteiger partial charge in [0.2, 0.25) is 0 Å². The Kier molecular flexibility index (Phi) is 5.33. The third-order valence-electron chi connectivity index (χ3n) is 2.65. The van der Waals surface area contributed by atoms with Gasteiger partial charge in [-0.05, 0) is 31.5 Å². The molecular formula is C13H21N3O. The molecule has 0 spiro atoms. The molecular weight excluding hydrogens is 214 g/mol. The van der Waals surface area contributed by atoms with Crippen LogP contribution in [0.1, 0.15) is 19.4 Å². The van der Waals surface area contributed by atoms with Crippen LogP contribution in [-0.2, 0) is 6.54 Å². The van der Waals surface area contributed by atoms with Crippen molar-refractivity contribution in [3.8, 4) is 5.75 Å². The lowest BCUT2D eigenvalue weighted by Crippen LogP contribution is -2.37. The van der Waals surface area contributed by atoms with Gasteiger partial charge in [-0.1, -0.05) is 12.1 Å². The minimum atomic E-state index is 0.583. The van der Waals surface area contributed by atoms with Crippen molar-refractivity contribution in [2.45, 2.75) is 20.4 Å². The van der Waals surface area contributed by atoms with E-state index in [4.69, 9.17) is 10.5 Å². The topological polar surface area (TPSA) is 50.8 Å². The molecule has 0 aliphatic carbocycles. The van der Waals surface area contributed by atoms with Crippen molar-refractivity contribution in [3.05, 3.63) is 29.8 Å². The molecule has 0 bridgehead atoms. The zero-order valence-corrected chi connectivity index (χ0v) is 10.8. The van der Waals surface area contributed by atoms with Crippen LogP contribution in [0.2, 0.25) is 0 Å². The average molecular weight is 235 g/mol. The highest BCUT2D eigenvalue weighted by Gasteiger charge is 2.01. The van der Waals surface area contributed by atoms with Gasteiger partial charge in [0, 0.05) is 13.1 Å². The molecule has 0 fully saturated rings. The zero-order chi connectivity index (χ0) is 12.7. The van der Waals surface area contributed by atoms with Gasteiger partial charge in [-0.15, -0.1) is 0 Å². The summed E-state index contributed by atoms with van der Waals surface area (Å²) in [6, 6.07) is 7.86. The first-order valence-electron chi connectivity index (χ1n) is 5.89. The number of hydrogen-bond donors (Lipinski definition) is 1. The number of methoxy groups -OCH3 is 1. The molecule has 0 atom stereocenters. The van der Waals surface area contributed by atoms with Crippen molar-refractivity contribution in [2.24, 2.45) is 10.7 Å². The van der Waals surface area contributed by atoms with Crippen molar-refractivity contribution in [1.29, 1.82) is 0 Å². The summed E-state index contributed by atoms with van der Waals surface area (Å²) in [5.41, 5.74) is 7.00. The molecule has 4 heteroatoms. The quantitative estimate of drug-likeness (QED) is 0.626. The van der Waals surface area contributed by atoms with E-state index in [-0.39, 0.29) is 0 Å². The number of hydrogen-bond acceptors (Lipinski definition) is 2. The van der Waals surface area contributed by atoms with E-state index in [9.17, 15) is 0 Å². The summed E-state index contributed by atoms with van der Waals surface area (Å²) >= 11 is 0. The van der Waals surface area contributed by atoms with Crippen LogP contribution in [-0.4, -0.2) is 31.1 Å². The first-order chi connectivity index (χ1) is 8.21. The lowest BCUT2D eigenvalue weighted by molar-refractivity contribution is 0.414. The van der Waals surface area contributed by atoms with E-state index in [1.165, 1.54) is 0 Å². The Bertz CT molecular complexity index is 373. The number of benzene rings is 1. The van der Waals surface area contributed by atoms with Gasteiger partial charge in [0.25, 0.3) is 0 Å². The average Bonchev–Trinajstić information content (AvgIpc) is 2.38. The predicted octanol–water partition coefficient (Wildman–Crippen LogP) is 1.85. The third-order valence-corrected chi connectivity index (χ3v) is 2.65. The number of nitrogens with two attached hydrogens (primary N) is 1.